The summed E-state index contributed by atoms with van der Waals surface area (Å²) in [5, 5.41) is 10.6. The van der Waals surface area contributed by atoms with Crippen molar-refractivity contribution < 1.29 is 9.84 Å². The van der Waals surface area contributed by atoms with Crippen molar-refractivity contribution in [3.8, 4) is 0 Å². The SMILES string of the molecule is CCC(CC)(OC)C(O)C1CC1c1ccccc1. The Labute approximate surface area is 110 Å². The maximum atomic E-state index is 10.6. The van der Waals surface area contributed by atoms with Crippen LogP contribution in [0, 0.1) is 5.92 Å². The van der Waals surface area contributed by atoms with E-state index in [9.17, 15) is 5.11 Å². The molecule has 2 heteroatoms. The number of aliphatic hydroxyl groups excluding tert-OH is 1. The first kappa shape index (κ1) is 13.6. The molecule has 100 valence electrons. The number of rotatable bonds is 6. The Bertz CT molecular complexity index is 362. The fourth-order valence-electron chi connectivity index (χ4n) is 3.11. The van der Waals surface area contributed by atoms with E-state index in [0.29, 0.717) is 11.8 Å². The van der Waals surface area contributed by atoms with E-state index in [4.69, 9.17) is 4.74 Å². The number of hydrogen-bond donors (Lipinski definition) is 1. The molecule has 1 fully saturated rings. The van der Waals surface area contributed by atoms with Crippen LogP contribution in [0.25, 0.3) is 0 Å². The monoisotopic (exact) mass is 248 g/mol. The highest BCUT2D eigenvalue weighted by molar-refractivity contribution is 5.27. The molecule has 1 N–H and O–H groups in total. The number of aliphatic hydroxyl groups is 1. The molecular formula is C16H24O2. The van der Waals surface area contributed by atoms with Gasteiger partial charge < -0.3 is 9.84 Å². The van der Waals surface area contributed by atoms with Gasteiger partial charge in [0.05, 0.1) is 11.7 Å². The molecule has 1 aliphatic carbocycles. The smallest absolute Gasteiger partial charge is 0.0934 e. The Balaban J connectivity index is 2.07. The molecule has 0 heterocycles. The van der Waals surface area contributed by atoms with Gasteiger partial charge in [-0.05, 0) is 36.7 Å². The van der Waals surface area contributed by atoms with E-state index in [0.717, 1.165) is 19.3 Å². The van der Waals surface area contributed by atoms with E-state index in [1.165, 1.54) is 5.56 Å². The summed E-state index contributed by atoms with van der Waals surface area (Å²) in [6.07, 6.45) is 2.44. The molecule has 1 aliphatic rings. The summed E-state index contributed by atoms with van der Waals surface area (Å²) in [5.41, 5.74) is 0.979. The van der Waals surface area contributed by atoms with Crippen molar-refractivity contribution in [2.24, 2.45) is 5.92 Å². The lowest BCUT2D eigenvalue weighted by Gasteiger charge is -2.35. The summed E-state index contributed by atoms with van der Waals surface area (Å²) in [5.74, 6) is 0.862. The van der Waals surface area contributed by atoms with Crippen LogP contribution in [0.4, 0.5) is 0 Å². The highest BCUT2D eigenvalue weighted by atomic mass is 16.5. The molecular weight excluding hydrogens is 224 g/mol. The van der Waals surface area contributed by atoms with Crippen molar-refractivity contribution in [2.75, 3.05) is 7.11 Å². The Kier molecular flexibility index (Phi) is 4.08. The molecule has 0 amide bonds. The predicted molar refractivity (Wildman–Crippen MR) is 73.6 cm³/mol. The third kappa shape index (κ3) is 2.32. The number of methoxy groups -OCH3 is 1. The molecule has 3 unspecified atom stereocenters. The molecule has 0 radical (unpaired) electrons. The summed E-state index contributed by atoms with van der Waals surface area (Å²) in [6.45, 7) is 4.19. The van der Waals surface area contributed by atoms with Gasteiger partial charge in [0.2, 0.25) is 0 Å². The average molecular weight is 248 g/mol. The zero-order valence-corrected chi connectivity index (χ0v) is 11.6. The van der Waals surface area contributed by atoms with E-state index >= 15 is 0 Å². The molecule has 0 aromatic heterocycles. The van der Waals surface area contributed by atoms with Crippen molar-refractivity contribution in [1.29, 1.82) is 0 Å². The predicted octanol–water partition coefficient (Wildman–Crippen LogP) is 3.36. The third-order valence-corrected chi connectivity index (χ3v) is 4.62. The molecule has 2 rings (SSSR count). The van der Waals surface area contributed by atoms with Crippen LogP contribution < -0.4 is 0 Å². The first-order chi connectivity index (χ1) is 8.68. The molecule has 0 spiro atoms. The highest BCUT2D eigenvalue weighted by Gasteiger charge is 2.50. The van der Waals surface area contributed by atoms with E-state index < -0.39 is 0 Å². The standard InChI is InChI=1S/C16H24O2/c1-4-16(5-2,18-3)15(17)14-11-13(14)12-9-7-6-8-10-12/h6-10,13-15,17H,4-5,11H2,1-3H3. The topological polar surface area (TPSA) is 29.5 Å². The molecule has 3 atom stereocenters. The van der Waals surface area contributed by atoms with Gasteiger partial charge in [0, 0.05) is 7.11 Å². The molecule has 2 nitrogen and oxygen atoms in total. The van der Waals surface area contributed by atoms with Crippen LogP contribution in [0.5, 0.6) is 0 Å². The van der Waals surface area contributed by atoms with Gasteiger partial charge in [-0.3, -0.25) is 0 Å². The summed E-state index contributed by atoms with van der Waals surface area (Å²) in [6, 6.07) is 10.5. The van der Waals surface area contributed by atoms with Crippen LogP contribution in [-0.4, -0.2) is 23.9 Å². The van der Waals surface area contributed by atoms with Gasteiger partial charge in [-0.25, -0.2) is 0 Å². The fraction of sp³-hybridized carbons (Fsp3) is 0.625. The summed E-state index contributed by atoms with van der Waals surface area (Å²) < 4.78 is 5.63. The lowest BCUT2D eigenvalue weighted by atomic mass is 9.86. The lowest BCUT2D eigenvalue weighted by Crippen LogP contribution is -2.44. The average Bonchev–Trinajstić information content (AvgIpc) is 3.22. The van der Waals surface area contributed by atoms with Gasteiger partial charge in [0.1, 0.15) is 0 Å². The Morgan fingerprint density at radius 1 is 1.28 bits per heavy atom. The van der Waals surface area contributed by atoms with Crippen LogP contribution in [0.15, 0.2) is 30.3 Å². The van der Waals surface area contributed by atoms with Crippen LogP contribution in [0.3, 0.4) is 0 Å². The number of hydrogen-bond acceptors (Lipinski definition) is 2. The normalized spacial score (nSPS) is 24.9. The van der Waals surface area contributed by atoms with Crippen LogP contribution >= 0.6 is 0 Å². The first-order valence-corrected chi connectivity index (χ1v) is 6.96. The zero-order chi connectivity index (χ0) is 13.2. The highest BCUT2D eigenvalue weighted by Crippen LogP contribution is 2.52. The zero-order valence-electron chi connectivity index (χ0n) is 11.6. The van der Waals surface area contributed by atoms with Gasteiger partial charge in [0.25, 0.3) is 0 Å². The summed E-state index contributed by atoms with van der Waals surface area (Å²) in [4.78, 5) is 0. The maximum Gasteiger partial charge on any atom is 0.0934 e. The second-order valence-corrected chi connectivity index (χ2v) is 5.34. The molecule has 0 saturated heterocycles. The lowest BCUT2D eigenvalue weighted by molar-refractivity contribution is -0.116. The minimum atomic E-state index is -0.367. The second-order valence-electron chi connectivity index (χ2n) is 5.34. The van der Waals surface area contributed by atoms with Gasteiger partial charge in [0.15, 0.2) is 0 Å². The quantitative estimate of drug-likeness (QED) is 0.836. The van der Waals surface area contributed by atoms with Crippen molar-refractivity contribution >= 4 is 0 Å². The first-order valence-electron chi connectivity index (χ1n) is 6.96. The van der Waals surface area contributed by atoms with Crippen LogP contribution in [-0.2, 0) is 4.74 Å². The molecule has 1 aromatic carbocycles. The minimum Gasteiger partial charge on any atom is -0.390 e. The number of benzene rings is 1. The Hall–Kier alpha value is -0.860. The van der Waals surface area contributed by atoms with Crippen LogP contribution in [0.1, 0.15) is 44.6 Å². The van der Waals surface area contributed by atoms with E-state index in [1.54, 1.807) is 7.11 Å². The molecule has 1 aromatic rings. The maximum absolute atomic E-state index is 10.6. The fourth-order valence-corrected chi connectivity index (χ4v) is 3.11. The van der Waals surface area contributed by atoms with Gasteiger partial charge in [-0.15, -0.1) is 0 Å². The van der Waals surface area contributed by atoms with E-state index in [1.807, 2.05) is 6.07 Å². The van der Waals surface area contributed by atoms with Gasteiger partial charge >= 0.3 is 0 Å². The Morgan fingerprint density at radius 2 is 1.89 bits per heavy atom. The molecule has 0 aliphatic heterocycles. The summed E-state index contributed by atoms with van der Waals surface area (Å²) in [7, 11) is 1.72. The molecule has 0 bridgehead atoms. The van der Waals surface area contributed by atoms with Crippen LogP contribution in [0.2, 0.25) is 0 Å². The number of ether oxygens (including phenoxy) is 1. The third-order valence-electron chi connectivity index (χ3n) is 4.62. The van der Waals surface area contributed by atoms with Crippen molar-refractivity contribution in [2.45, 2.75) is 50.7 Å². The largest absolute Gasteiger partial charge is 0.390 e. The van der Waals surface area contributed by atoms with Gasteiger partial charge in [-0.2, -0.15) is 0 Å². The molecule has 18 heavy (non-hydrogen) atoms. The van der Waals surface area contributed by atoms with E-state index in [2.05, 4.69) is 38.1 Å². The van der Waals surface area contributed by atoms with Crippen molar-refractivity contribution in [3.05, 3.63) is 35.9 Å². The second kappa shape index (κ2) is 5.41. The minimum absolute atomic E-state index is 0.354. The molecule has 1 saturated carbocycles. The van der Waals surface area contributed by atoms with Crippen molar-refractivity contribution in [1.82, 2.24) is 0 Å². The van der Waals surface area contributed by atoms with Crippen molar-refractivity contribution in [3.63, 3.8) is 0 Å². The Morgan fingerprint density at radius 3 is 2.39 bits per heavy atom. The van der Waals surface area contributed by atoms with Gasteiger partial charge in [-0.1, -0.05) is 44.2 Å². The van der Waals surface area contributed by atoms with E-state index in [-0.39, 0.29) is 11.7 Å². The summed E-state index contributed by atoms with van der Waals surface area (Å²) >= 11 is 0.